The van der Waals surface area contributed by atoms with Gasteiger partial charge < -0.3 is 5.11 Å². The molecule has 106 valence electrons. The Balaban J connectivity index is 1.96. The average molecular weight is 327 g/mol. The van der Waals surface area contributed by atoms with Crippen molar-refractivity contribution >= 4 is 35.0 Å². The van der Waals surface area contributed by atoms with Crippen molar-refractivity contribution < 1.29 is 5.11 Å². The Hall–Kier alpha value is -0.670. The average Bonchev–Trinajstić information content (AvgIpc) is 2.42. The predicted molar refractivity (Wildman–Crippen MR) is 88.1 cm³/mol. The zero-order valence-corrected chi connectivity index (χ0v) is 13.5. The number of benzene rings is 2. The first kappa shape index (κ1) is 15.7. The molecule has 0 heterocycles. The van der Waals surface area contributed by atoms with E-state index in [4.69, 9.17) is 23.2 Å². The summed E-state index contributed by atoms with van der Waals surface area (Å²) in [6.07, 6.45) is -0.00536. The van der Waals surface area contributed by atoms with Crippen LogP contribution in [0.4, 0.5) is 0 Å². The van der Waals surface area contributed by atoms with Crippen LogP contribution in [-0.4, -0.2) is 17.0 Å². The van der Waals surface area contributed by atoms with Gasteiger partial charge in [0.2, 0.25) is 0 Å². The topological polar surface area (TPSA) is 20.2 Å². The molecule has 0 aliphatic heterocycles. The fourth-order valence-corrected chi connectivity index (χ4v) is 3.44. The molecule has 2 aromatic carbocycles. The van der Waals surface area contributed by atoms with E-state index in [0.29, 0.717) is 22.2 Å². The van der Waals surface area contributed by atoms with E-state index in [1.54, 1.807) is 23.9 Å². The van der Waals surface area contributed by atoms with Gasteiger partial charge in [0, 0.05) is 27.1 Å². The predicted octanol–water partition coefficient (Wildman–Crippen LogP) is 5.00. The fourth-order valence-electron chi connectivity index (χ4n) is 1.93. The van der Waals surface area contributed by atoms with E-state index in [1.807, 2.05) is 18.2 Å². The lowest BCUT2D eigenvalue weighted by Gasteiger charge is -2.13. The SMILES string of the molecule is Cc1ccccc1SCC(O)Cc1c(Cl)cccc1Cl. The third-order valence-electron chi connectivity index (χ3n) is 3.03. The van der Waals surface area contributed by atoms with Crippen molar-refractivity contribution in [2.45, 2.75) is 24.3 Å². The van der Waals surface area contributed by atoms with Crippen LogP contribution in [0.25, 0.3) is 0 Å². The molecule has 0 aliphatic rings. The minimum Gasteiger partial charge on any atom is -0.392 e. The van der Waals surface area contributed by atoms with Crippen molar-refractivity contribution in [1.29, 1.82) is 0 Å². The lowest BCUT2D eigenvalue weighted by Crippen LogP contribution is -2.14. The van der Waals surface area contributed by atoms with Crippen LogP contribution < -0.4 is 0 Å². The van der Waals surface area contributed by atoms with Gasteiger partial charge in [0.15, 0.2) is 0 Å². The summed E-state index contributed by atoms with van der Waals surface area (Å²) in [6.45, 7) is 2.07. The lowest BCUT2D eigenvalue weighted by atomic mass is 10.1. The van der Waals surface area contributed by atoms with Gasteiger partial charge in [-0.2, -0.15) is 0 Å². The Morgan fingerprint density at radius 2 is 1.70 bits per heavy atom. The second-order valence-electron chi connectivity index (χ2n) is 4.63. The number of thioether (sulfide) groups is 1. The van der Waals surface area contributed by atoms with Gasteiger partial charge in [-0.3, -0.25) is 0 Å². The molecule has 0 saturated carbocycles. The molecule has 20 heavy (non-hydrogen) atoms. The van der Waals surface area contributed by atoms with Crippen molar-refractivity contribution in [2.75, 3.05) is 5.75 Å². The molecule has 1 atom stereocenters. The standard InChI is InChI=1S/C16H16Cl2OS/c1-11-5-2-3-8-16(11)20-10-12(19)9-13-14(17)6-4-7-15(13)18/h2-8,12,19H,9-10H2,1H3. The first-order chi connectivity index (χ1) is 9.58. The molecule has 0 spiro atoms. The van der Waals surface area contributed by atoms with Gasteiger partial charge in [-0.25, -0.2) is 0 Å². The van der Waals surface area contributed by atoms with E-state index in [-0.39, 0.29) is 0 Å². The Labute approximate surface area is 133 Å². The van der Waals surface area contributed by atoms with Crippen LogP contribution in [0.1, 0.15) is 11.1 Å². The third-order valence-corrected chi connectivity index (χ3v) is 5.05. The quantitative estimate of drug-likeness (QED) is 0.780. The molecule has 0 aliphatic carbocycles. The second kappa shape index (κ2) is 7.37. The highest BCUT2D eigenvalue weighted by Gasteiger charge is 2.12. The number of rotatable bonds is 5. The highest BCUT2D eigenvalue weighted by atomic mass is 35.5. The number of aliphatic hydroxyl groups is 1. The summed E-state index contributed by atoms with van der Waals surface area (Å²) >= 11 is 13.9. The van der Waals surface area contributed by atoms with E-state index in [0.717, 1.165) is 5.56 Å². The van der Waals surface area contributed by atoms with Crippen LogP contribution >= 0.6 is 35.0 Å². The molecule has 1 N–H and O–H groups in total. The van der Waals surface area contributed by atoms with Crippen LogP contribution in [-0.2, 0) is 6.42 Å². The van der Waals surface area contributed by atoms with Crippen LogP contribution in [0.2, 0.25) is 10.0 Å². The van der Waals surface area contributed by atoms with Gasteiger partial charge in [0.05, 0.1) is 6.10 Å². The molecule has 0 radical (unpaired) electrons. The van der Waals surface area contributed by atoms with E-state index in [1.165, 1.54) is 10.5 Å². The van der Waals surface area contributed by atoms with Crippen molar-refractivity contribution in [3.05, 3.63) is 63.6 Å². The van der Waals surface area contributed by atoms with Crippen molar-refractivity contribution in [2.24, 2.45) is 0 Å². The maximum absolute atomic E-state index is 10.2. The molecule has 1 unspecified atom stereocenters. The molecule has 0 aromatic heterocycles. The molecule has 4 heteroatoms. The Morgan fingerprint density at radius 1 is 1.05 bits per heavy atom. The summed E-state index contributed by atoms with van der Waals surface area (Å²) in [5.41, 5.74) is 2.04. The lowest BCUT2D eigenvalue weighted by molar-refractivity contribution is 0.200. The molecular formula is C16H16Cl2OS. The van der Waals surface area contributed by atoms with E-state index in [2.05, 4.69) is 19.1 Å². The van der Waals surface area contributed by atoms with Crippen LogP contribution in [0.5, 0.6) is 0 Å². The van der Waals surface area contributed by atoms with Gasteiger partial charge in [-0.15, -0.1) is 11.8 Å². The first-order valence-corrected chi connectivity index (χ1v) is 8.11. The second-order valence-corrected chi connectivity index (χ2v) is 6.51. The zero-order valence-electron chi connectivity index (χ0n) is 11.1. The number of aliphatic hydroxyl groups excluding tert-OH is 1. The number of halogens is 2. The minimum absolute atomic E-state index is 0.470. The van der Waals surface area contributed by atoms with Crippen LogP contribution in [0, 0.1) is 6.92 Å². The van der Waals surface area contributed by atoms with Gasteiger partial charge >= 0.3 is 0 Å². The molecule has 0 amide bonds. The van der Waals surface area contributed by atoms with E-state index in [9.17, 15) is 5.11 Å². The third kappa shape index (κ3) is 4.16. The molecular weight excluding hydrogens is 311 g/mol. The van der Waals surface area contributed by atoms with E-state index < -0.39 is 6.10 Å². The summed E-state index contributed by atoms with van der Waals surface area (Å²) in [6, 6.07) is 13.6. The van der Waals surface area contributed by atoms with Gasteiger partial charge in [-0.05, 0) is 36.2 Å². The summed E-state index contributed by atoms with van der Waals surface area (Å²) in [7, 11) is 0. The smallest absolute Gasteiger partial charge is 0.0675 e. The Kier molecular flexibility index (Phi) is 5.79. The summed E-state index contributed by atoms with van der Waals surface area (Å²) in [4.78, 5) is 1.19. The molecule has 0 bridgehead atoms. The maximum Gasteiger partial charge on any atom is 0.0675 e. The number of hydrogen-bond acceptors (Lipinski definition) is 2. The first-order valence-electron chi connectivity index (χ1n) is 6.37. The fraction of sp³-hybridized carbons (Fsp3) is 0.250. The van der Waals surface area contributed by atoms with Crippen molar-refractivity contribution in [3.63, 3.8) is 0 Å². The Morgan fingerprint density at radius 3 is 2.35 bits per heavy atom. The highest BCUT2D eigenvalue weighted by molar-refractivity contribution is 7.99. The summed E-state index contributed by atoms with van der Waals surface area (Å²) < 4.78 is 0. The summed E-state index contributed by atoms with van der Waals surface area (Å²) in [5, 5.41) is 11.4. The largest absolute Gasteiger partial charge is 0.392 e. The van der Waals surface area contributed by atoms with Crippen molar-refractivity contribution in [3.8, 4) is 0 Å². The van der Waals surface area contributed by atoms with Gasteiger partial charge in [-0.1, -0.05) is 47.5 Å². The molecule has 0 saturated heterocycles. The number of hydrogen-bond donors (Lipinski definition) is 1. The molecule has 0 fully saturated rings. The molecule has 2 rings (SSSR count). The van der Waals surface area contributed by atoms with Gasteiger partial charge in [0.1, 0.15) is 0 Å². The number of aryl methyl sites for hydroxylation is 1. The molecule has 2 aromatic rings. The van der Waals surface area contributed by atoms with Gasteiger partial charge in [0.25, 0.3) is 0 Å². The molecule has 1 nitrogen and oxygen atoms in total. The monoisotopic (exact) mass is 326 g/mol. The summed E-state index contributed by atoms with van der Waals surface area (Å²) in [5.74, 6) is 0.617. The van der Waals surface area contributed by atoms with Crippen LogP contribution in [0.15, 0.2) is 47.4 Å². The highest BCUT2D eigenvalue weighted by Crippen LogP contribution is 2.28. The maximum atomic E-state index is 10.2. The normalized spacial score (nSPS) is 12.4. The zero-order chi connectivity index (χ0) is 14.5. The van der Waals surface area contributed by atoms with Crippen molar-refractivity contribution in [1.82, 2.24) is 0 Å². The minimum atomic E-state index is -0.475. The van der Waals surface area contributed by atoms with E-state index >= 15 is 0 Å². The van der Waals surface area contributed by atoms with Crippen LogP contribution in [0.3, 0.4) is 0 Å². The Bertz CT molecular complexity index is 566.